The molecule has 27 heteroatoms. The van der Waals surface area contributed by atoms with Crippen LogP contribution < -0.4 is 24.9 Å². The number of benzene rings is 3. The molecule has 4 saturated carbocycles. The first-order valence-corrected chi connectivity index (χ1v) is 46.6. The average Bonchev–Trinajstić information content (AvgIpc) is 1.50. The number of primary sulfonamides is 3. The van der Waals surface area contributed by atoms with E-state index in [1.807, 2.05) is 122 Å². The molecule has 8 N–H and O–H groups in total. The van der Waals surface area contributed by atoms with Crippen LogP contribution in [0.2, 0.25) is 0 Å². The highest BCUT2D eigenvalue weighted by Crippen LogP contribution is 2.51. The summed E-state index contributed by atoms with van der Waals surface area (Å²) in [5.41, 5.74) is 5.74. The zero-order valence-corrected chi connectivity index (χ0v) is 71.6. The molecule has 0 saturated heterocycles. The van der Waals surface area contributed by atoms with Gasteiger partial charge in [-0.3, -0.25) is 0 Å². The van der Waals surface area contributed by atoms with Crippen molar-refractivity contribution in [1.29, 1.82) is 0 Å². The Bertz CT molecular complexity index is 4720. The standard InChI is InChI=1S/C27H43N3O4S2.C26H39N3O4S2.C26H41N3O4S2/c1-19-25(35(28,31)32)17-23(30(19)18-20-12-10-9-11-13-20)21-14-15-24(22(16-21)26(2,3)4)36(33,34)29(8)27(5,6)7;1-18-24(34(27,30)31)16-22(29(18)17-19-9-7-6-8-10-19)20-11-12-23(21(15-20)26(5)13-14-26)35(32,33)28-25(2,3)4;1-18-24(34(27,30)31)16-22(29(18)17-19-11-9-8-10-12-19)20-13-14-23(21(15-20)25(2,3)4)35(32,33)28-26(5,6)7/h14-17,20H,9-13,18H2,1-8H3,(H2,28,31,32);11-12,15-16,19,28H,6-10,13-14,17H2,1-5H3,(H2,27,30,31);13-16,19,28H,8-12,17H2,1-7H3,(H2,27,30,31). The Morgan fingerprint density at radius 3 is 0.972 bits per heavy atom. The molecule has 6 aromatic rings. The number of aromatic nitrogens is 3. The van der Waals surface area contributed by atoms with E-state index in [0.29, 0.717) is 63.9 Å². The van der Waals surface area contributed by atoms with Crippen LogP contribution in [-0.2, 0) is 96.0 Å². The van der Waals surface area contributed by atoms with E-state index < -0.39 is 87.6 Å². The van der Waals surface area contributed by atoms with E-state index in [9.17, 15) is 50.5 Å². The van der Waals surface area contributed by atoms with E-state index in [1.165, 1.54) is 62.1 Å². The molecule has 4 aliphatic carbocycles. The molecule has 0 spiro atoms. The fourth-order valence-corrected chi connectivity index (χ4v) is 23.2. The summed E-state index contributed by atoms with van der Waals surface area (Å²) < 4.78 is 168. The Hall–Kier alpha value is -5.04. The quantitative estimate of drug-likeness (QED) is 0.0505. The van der Waals surface area contributed by atoms with Gasteiger partial charge in [0, 0.05) is 77.5 Å². The second-order valence-electron chi connectivity index (χ2n) is 36.0. The monoisotopic (exact) mass is 1580 g/mol. The van der Waals surface area contributed by atoms with Crippen molar-refractivity contribution in [3.8, 4) is 33.8 Å². The number of nitrogens with two attached hydrogens (primary N) is 3. The summed E-state index contributed by atoms with van der Waals surface area (Å²) in [7, 11) is -21.3. The first kappa shape index (κ1) is 86.6. The van der Waals surface area contributed by atoms with Crippen molar-refractivity contribution in [1.82, 2.24) is 27.5 Å². The lowest BCUT2D eigenvalue weighted by Crippen LogP contribution is -2.43. The lowest BCUT2D eigenvalue weighted by atomic mass is 9.85. The van der Waals surface area contributed by atoms with Crippen LogP contribution in [0.15, 0.2) is 102 Å². The van der Waals surface area contributed by atoms with Gasteiger partial charge in [-0.25, -0.2) is 75.4 Å². The SMILES string of the molecule is Cc1c(S(N)(=O)=O)cc(-c2ccc(S(=O)(=O)N(C)C(C)(C)C)c(C(C)(C)C)c2)n1CC1CCCCC1.Cc1c(S(N)(=O)=O)cc(-c2ccc(S(=O)(=O)NC(C)(C)C)c(C(C)(C)C)c2)n1CC1CCCCC1.Cc1c(S(N)(=O)=O)cc(-c2ccc(S(=O)(=O)NC(C)(C)C)c(C3(C)CC3)c2)n1CC1CCCCC1. The molecule has 4 fully saturated rings. The van der Waals surface area contributed by atoms with Crippen molar-refractivity contribution in [3.05, 3.63) is 107 Å². The molecule has 3 aromatic carbocycles. The van der Waals surface area contributed by atoms with E-state index in [4.69, 9.17) is 15.4 Å². The van der Waals surface area contributed by atoms with Gasteiger partial charge in [0.15, 0.2) is 0 Å². The molecular formula is C79H123N9O12S6. The molecule has 0 aliphatic heterocycles. The predicted octanol–water partition coefficient (Wildman–Crippen LogP) is 15.3. The van der Waals surface area contributed by atoms with Gasteiger partial charge >= 0.3 is 0 Å². The summed E-state index contributed by atoms with van der Waals surface area (Å²) in [6.45, 7) is 38.1. The third-order valence-electron chi connectivity index (χ3n) is 21.5. The van der Waals surface area contributed by atoms with Crippen molar-refractivity contribution in [2.24, 2.45) is 33.2 Å². The van der Waals surface area contributed by atoms with Crippen LogP contribution in [0.1, 0.15) is 254 Å². The van der Waals surface area contributed by atoms with Crippen LogP contribution in [0.4, 0.5) is 0 Å². The predicted molar refractivity (Wildman–Crippen MR) is 426 cm³/mol. The number of hydrogen-bond donors (Lipinski definition) is 5. The number of nitrogens with zero attached hydrogens (tertiary/aromatic N) is 4. The summed E-state index contributed by atoms with van der Waals surface area (Å²) in [6, 6.07) is 21.0. The smallest absolute Gasteiger partial charge is 0.243 e. The summed E-state index contributed by atoms with van der Waals surface area (Å²) in [5, 5.41) is 16.7. The topological polar surface area (TPSA) is 325 Å². The third-order valence-corrected chi connectivity index (χ3v) is 30.4. The third kappa shape index (κ3) is 20.9. The van der Waals surface area contributed by atoms with Gasteiger partial charge in [0.1, 0.15) is 14.7 Å². The summed E-state index contributed by atoms with van der Waals surface area (Å²) in [6.07, 6.45) is 19.4. The molecule has 21 nitrogen and oxygen atoms in total. The first-order chi connectivity index (χ1) is 48.4. The molecule has 10 rings (SSSR count). The Kier molecular flexibility index (Phi) is 25.8. The Morgan fingerprint density at radius 2 is 0.689 bits per heavy atom. The van der Waals surface area contributed by atoms with Gasteiger partial charge in [0.25, 0.3) is 0 Å². The second-order valence-corrected chi connectivity index (χ2v) is 45.8. The van der Waals surface area contributed by atoms with Crippen LogP contribution in [0, 0.1) is 38.5 Å². The minimum atomic E-state index is -3.90. The maximum absolute atomic E-state index is 13.6. The molecule has 0 amide bonds. The van der Waals surface area contributed by atoms with Gasteiger partial charge in [-0.15, -0.1) is 0 Å². The number of nitrogens with one attached hydrogen (secondary N) is 2. The zero-order chi connectivity index (χ0) is 79.5. The van der Waals surface area contributed by atoms with Gasteiger partial charge in [-0.2, -0.15) is 4.31 Å². The minimum absolute atomic E-state index is 0.117. The van der Waals surface area contributed by atoms with Crippen molar-refractivity contribution < 1.29 is 50.5 Å². The Morgan fingerprint density at radius 1 is 0.406 bits per heavy atom. The van der Waals surface area contributed by atoms with Gasteiger partial charge in [0.2, 0.25) is 60.1 Å². The fourth-order valence-electron chi connectivity index (χ4n) is 15.3. The molecule has 592 valence electrons. The van der Waals surface area contributed by atoms with E-state index >= 15 is 0 Å². The van der Waals surface area contributed by atoms with E-state index in [2.05, 4.69) is 30.1 Å². The number of rotatable bonds is 19. The van der Waals surface area contributed by atoms with Crippen molar-refractivity contribution in [2.75, 3.05) is 7.05 Å². The maximum atomic E-state index is 13.6. The molecule has 0 bridgehead atoms. The molecule has 3 aromatic heterocycles. The second kappa shape index (κ2) is 31.6. The van der Waals surface area contributed by atoms with Crippen molar-refractivity contribution in [2.45, 2.75) is 323 Å². The Labute approximate surface area is 636 Å². The van der Waals surface area contributed by atoms with Crippen LogP contribution in [0.3, 0.4) is 0 Å². The largest absolute Gasteiger partial charge is 0.343 e. The van der Waals surface area contributed by atoms with Crippen LogP contribution in [0.5, 0.6) is 0 Å². The van der Waals surface area contributed by atoms with Crippen LogP contribution in [0.25, 0.3) is 33.8 Å². The van der Waals surface area contributed by atoms with Gasteiger partial charge in [-0.1, -0.05) is 124 Å². The lowest BCUT2D eigenvalue weighted by molar-refractivity contribution is 0.291. The highest BCUT2D eigenvalue weighted by atomic mass is 32.2. The van der Waals surface area contributed by atoms with Crippen LogP contribution >= 0.6 is 0 Å². The van der Waals surface area contributed by atoms with Gasteiger partial charge in [0.05, 0.1) is 14.7 Å². The zero-order valence-electron chi connectivity index (χ0n) is 66.7. The summed E-state index contributed by atoms with van der Waals surface area (Å²) in [4.78, 5) is 1.17. The highest BCUT2D eigenvalue weighted by Gasteiger charge is 2.44. The maximum Gasteiger partial charge on any atom is 0.243 e. The van der Waals surface area contributed by atoms with Gasteiger partial charge in [-0.05, 0) is 256 Å². The molecule has 0 unspecified atom stereocenters. The number of sulfonamides is 6. The lowest BCUT2D eigenvalue weighted by Gasteiger charge is -2.33. The minimum Gasteiger partial charge on any atom is -0.343 e. The molecule has 4 aliphatic rings. The Balaban J connectivity index is 0.000000201. The number of hydrogen-bond acceptors (Lipinski definition) is 12. The normalized spacial score (nSPS) is 17.4. The van der Waals surface area contributed by atoms with Crippen LogP contribution in [-0.4, -0.2) is 92.2 Å². The highest BCUT2D eigenvalue weighted by molar-refractivity contribution is 7.90. The van der Waals surface area contributed by atoms with Crippen molar-refractivity contribution >= 4 is 60.1 Å². The van der Waals surface area contributed by atoms with Crippen molar-refractivity contribution in [3.63, 3.8) is 0 Å². The van der Waals surface area contributed by atoms with Gasteiger partial charge < -0.3 is 13.7 Å². The average molecular weight is 1580 g/mol. The molecule has 0 radical (unpaired) electrons. The summed E-state index contributed by atoms with van der Waals surface area (Å²) in [5.74, 6) is 1.43. The van der Waals surface area contributed by atoms with E-state index in [1.54, 1.807) is 82.4 Å². The fraction of sp³-hybridized carbons (Fsp3) is 0.620. The first-order valence-electron chi connectivity index (χ1n) is 37.6. The van der Waals surface area contributed by atoms with E-state index in [0.717, 1.165) is 97.2 Å². The van der Waals surface area contributed by atoms with E-state index in [-0.39, 0.29) is 29.9 Å². The molecule has 106 heavy (non-hydrogen) atoms. The molecular weight excluding hydrogens is 1460 g/mol. The summed E-state index contributed by atoms with van der Waals surface area (Å²) >= 11 is 0. The molecule has 0 atom stereocenters. The molecule has 3 heterocycles.